The monoisotopic (exact) mass is 491 g/mol. The Morgan fingerprint density at radius 3 is 2.66 bits per heavy atom. The standard InChI is InChI=1S/C26H30ClN7O/c1-15(2)33-24(35)19-14-29-25(30-18-7-6-16-10-11-28-13-17(16)12-18)32-22(19)34(33)23-20(27)8-9-21(31-23)26(3,4)5/h6-9,12,14-15,28H,10-11,13H2,1-5H3,(H,29,30,32). The predicted octanol–water partition coefficient (Wildman–Crippen LogP) is 4.90. The second-order valence-corrected chi connectivity index (χ2v) is 10.7. The fourth-order valence-corrected chi connectivity index (χ4v) is 4.60. The number of aromatic nitrogens is 5. The number of nitrogens with one attached hydrogen (secondary N) is 2. The number of nitrogens with zero attached hydrogens (tertiary/aromatic N) is 5. The van der Waals surface area contributed by atoms with Crippen molar-refractivity contribution in [3.8, 4) is 5.82 Å². The predicted molar refractivity (Wildman–Crippen MR) is 140 cm³/mol. The molecule has 0 spiro atoms. The molecule has 0 unspecified atom stereocenters. The normalized spacial score (nSPS) is 13.9. The summed E-state index contributed by atoms with van der Waals surface area (Å²) in [6, 6.07) is 9.90. The summed E-state index contributed by atoms with van der Waals surface area (Å²) in [7, 11) is 0. The molecule has 0 aliphatic carbocycles. The molecular weight excluding hydrogens is 462 g/mol. The third kappa shape index (κ3) is 4.32. The lowest BCUT2D eigenvalue weighted by Crippen LogP contribution is -2.25. The van der Waals surface area contributed by atoms with E-state index in [1.807, 2.05) is 32.0 Å². The van der Waals surface area contributed by atoms with E-state index in [1.54, 1.807) is 15.6 Å². The van der Waals surface area contributed by atoms with Crippen LogP contribution in [0.1, 0.15) is 57.5 Å². The number of rotatable bonds is 4. The first-order chi connectivity index (χ1) is 16.6. The minimum Gasteiger partial charge on any atom is -0.324 e. The van der Waals surface area contributed by atoms with E-state index in [0.717, 1.165) is 30.9 Å². The smallest absolute Gasteiger partial charge is 0.278 e. The van der Waals surface area contributed by atoms with Crippen molar-refractivity contribution in [3.63, 3.8) is 0 Å². The Kier molecular flexibility index (Phi) is 5.89. The second kappa shape index (κ2) is 8.77. The molecule has 35 heavy (non-hydrogen) atoms. The summed E-state index contributed by atoms with van der Waals surface area (Å²) >= 11 is 6.64. The number of hydrogen-bond acceptors (Lipinski definition) is 6. The molecule has 0 saturated carbocycles. The summed E-state index contributed by atoms with van der Waals surface area (Å²) in [4.78, 5) is 27.4. The third-order valence-electron chi connectivity index (χ3n) is 6.26. The van der Waals surface area contributed by atoms with E-state index in [0.29, 0.717) is 27.8 Å². The molecule has 0 bridgehead atoms. The number of benzene rings is 1. The fraction of sp³-hybridized carbons (Fsp3) is 0.385. The lowest BCUT2D eigenvalue weighted by Gasteiger charge is -2.21. The maximum absolute atomic E-state index is 13.4. The Labute approximate surface area is 209 Å². The van der Waals surface area contributed by atoms with Crippen molar-refractivity contribution < 1.29 is 0 Å². The summed E-state index contributed by atoms with van der Waals surface area (Å²) in [5.41, 5.74) is 4.48. The zero-order valence-electron chi connectivity index (χ0n) is 20.7. The highest BCUT2D eigenvalue weighted by molar-refractivity contribution is 6.32. The largest absolute Gasteiger partial charge is 0.324 e. The Hall–Kier alpha value is -3.23. The van der Waals surface area contributed by atoms with Gasteiger partial charge in [-0.15, -0.1) is 0 Å². The average molecular weight is 492 g/mol. The fourth-order valence-electron chi connectivity index (χ4n) is 4.41. The Bertz CT molecular complexity index is 1480. The van der Waals surface area contributed by atoms with E-state index < -0.39 is 0 Å². The van der Waals surface area contributed by atoms with Crippen LogP contribution >= 0.6 is 11.6 Å². The van der Waals surface area contributed by atoms with Gasteiger partial charge < -0.3 is 10.6 Å². The van der Waals surface area contributed by atoms with Crippen molar-refractivity contribution in [2.24, 2.45) is 0 Å². The van der Waals surface area contributed by atoms with Crippen LogP contribution in [0.15, 0.2) is 41.3 Å². The van der Waals surface area contributed by atoms with Gasteiger partial charge in [0.05, 0.1) is 5.02 Å². The minimum absolute atomic E-state index is 0.141. The van der Waals surface area contributed by atoms with Gasteiger partial charge in [0.2, 0.25) is 5.95 Å². The molecule has 8 nitrogen and oxygen atoms in total. The highest BCUT2D eigenvalue weighted by Crippen LogP contribution is 2.29. The van der Waals surface area contributed by atoms with E-state index in [-0.39, 0.29) is 17.0 Å². The van der Waals surface area contributed by atoms with Crippen LogP contribution < -0.4 is 16.2 Å². The summed E-state index contributed by atoms with van der Waals surface area (Å²) in [5.74, 6) is 0.878. The maximum atomic E-state index is 13.4. The Morgan fingerprint density at radius 2 is 1.91 bits per heavy atom. The van der Waals surface area contributed by atoms with Gasteiger partial charge in [0.1, 0.15) is 5.39 Å². The molecule has 182 valence electrons. The summed E-state index contributed by atoms with van der Waals surface area (Å²) in [6.07, 6.45) is 2.60. The summed E-state index contributed by atoms with van der Waals surface area (Å²) in [6.45, 7) is 12.0. The molecule has 2 N–H and O–H groups in total. The molecule has 0 amide bonds. The SMILES string of the molecule is CC(C)n1c(=O)c2cnc(Nc3ccc4c(c3)CNCC4)nc2n1-c1nc(C(C)(C)C)ccc1Cl. The van der Waals surface area contributed by atoms with E-state index in [2.05, 4.69) is 48.5 Å². The third-order valence-corrected chi connectivity index (χ3v) is 6.55. The Balaban J connectivity index is 1.66. The minimum atomic E-state index is -0.186. The average Bonchev–Trinajstić information content (AvgIpc) is 3.10. The topological polar surface area (TPSA) is 89.7 Å². The second-order valence-electron chi connectivity index (χ2n) is 10.3. The van der Waals surface area contributed by atoms with E-state index >= 15 is 0 Å². The van der Waals surface area contributed by atoms with E-state index in [1.165, 1.54) is 11.1 Å². The lowest BCUT2D eigenvalue weighted by molar-refractivity contribution is 0.469. The number of hydrogen-bond donors (Lipinski definition) is 2. The molecule has 1 aliphatic rings. The first-order valence-corrected chi connectivity index (χ1v) is 12.3. The molecule has 9 heteroatoms. The van der Waals surface area contributed by atoms with Gasteiger partial charge in [-0.2, -0.15) is 4.98 Å². The van der Waals surface area contributed by atoms with Crippen LogP contribution in [0.25, 0.3) is 16.9 Å². The van der Waals surface area contributed by atoms with Crippen molar-refractivity contribution in [1.82, 2.24) is 29.6 Å². The highest BCUT2D eigenvalue weighted by atomic mass is 35.5. The van der Waals surface area contributed by atoms with Crippen molar-refractivity contribution >= 4 is 34.3 Å². The number of anilines is 2. The van der Waals surface area contributed by atoms with Gasteiger partial charge in [-0.1, -0.05) is 38.4 Å². The lowest BCUT2D eigenvalue weighted by atomic mass is 9.92. The van der Waals surface area contributed by atoms with Crippen molar-refractivity contribution in [2.75, 3.05) is 11.9 Å². The maximum Gasteiger partial charge on any atom is 0.278 e. The Morgan fingerprint density at radius 1 is 1.11 bits per heavy atom. The van der Waals surface area contributed by atoms with E-state index in [9.17, 15) is 4.79 Å². The van der Waals surface area contributed by atoms with Crippen LogP contribution in [0.4, 0.5) is 11.6 Å². The van der Waals surface area contributed by atoms with Crippen LogP contribution in [-0.2, 0) is 18.4 Å². The van der Waals surface area contributed by atoms with Crippen LogP contribution in [0.5, 0.6) is 0 Å². The van der Waals surface area contributed by atoms with Gasteiger partial charge in [-0.05, 0) is 62.2 Å². The van der Waals surface area contributed by atoms with Crippen LogP contribution in [0.3, 0.4) is 0 Å². The molecular formula is C26H30ClN7O. The number of halogens is 1. The van der Waals surface area contributed by atoms with Crippen LogP contribution in [0, 0.1) is 0 Å². The quantitative estimate of drug-likeness (QED) is 0.422. The first-order valence-electron chi connectivity index (χ1n) is 11.9. The van der Waals surface area contributed by atoms with Crippen LogP contribution in [0.2, 0.25) is 5.02 Å². The molecule has 5 rings (SSSR count). The molecule has 0 saturated heterocycles. The van der Waals surface area contributed by atoms with Crippen molar-refractivity contribution in [3.05, 3.63) is 68.7 Å². The molecule has 4 heterocycles. The molecule has 1 aromatic carbocycles. The molecule has 0 radical (unpaired) electrons. The summed E-state index contributed by atoms with van der Waals surface area (Å²) in [5, 5.41) is 7.57. The molecule has 1 aliphatic heterocycles. The van der Waals surface area contributed by atoms with Gasteiger partial charge in [0.25, 0.3) is 5.56 Å². The van der Waals surface area contributed by atoms with E-state index in [4.69, 9.17) is 21.6 Å². The zero-order valence-corrected chi connectivity index (χ0v) is 21.4. The molecule has 4 aromatic rings. The van der Waals surface area contributed by atoms with Crippen molar-refractivity contribution in [2.45, 2.75) is 59.0 Å². The molecule has 0 atom stereocenters. The van der Waals surface area contributed by atoms with Gasteiger partial charge in [0, 0.05) is 35.6 Å². The highest BCUT2D eigenvalue weighted by Gasteiger charge is 2.24. The van der Waals surface area contributed by atoms with Gasteiger partial charge in [-0.25, -0.2) is 19.3 Å². The van der Waals surface area contributed by atoms with Crippen molar-refractivity contribution in [1.29, 1.82) is 0 Å². The zero-order chi connectivity index (χ0) is 24.9. The molecule has 0 fully saturated rings. The van der Waals surface area contributed by atoms with Gasteiger partial charge >= 0.3 is 0 Å². The number of pyridine rings is 1. The molecule has 3 aromatic heterocycles. The number of fused-ring (bicyclic) bond motifs is 2. The van der Waals surface area contributed by atoms with Gasteiger partial charge in [0.15, 0.2) is 11.5 Å². The summed E-state index contributed by atoms with van der Waals surface area (Å²) < 4.78 is 3.36. The first kappa shape index (κ1) is 23.5. The van der Waals surface area contributed by atoms with Gasteiger partial charge in [-0.3, -0.25) is 4.79 Å². The van der Waals surface area contributed by atoms with Crippen LogP contribution in [-0.4, -0.2) is 30.9 Å².